The van der Waals surface area contributed by atoms with Crippen LogP contribution in [0.5, 0.6) is 28.7 Å². The van der Waals surface area contributed by atoms with Crippen molar-refractivity contribution in [2.45, 2.75) is 51.4 Å². The van der Waals surface area contributed by atoms with Gasteiger partial charge in [-0.2, -0.15) is 0 Å². The maximum Gasteiger partial charge on any atom is 0.343 e. The lowest BCUT2D eigenvalue weighted by atomic mass is 10.0. The molecule has 72 heavy (non-hydrogen) atoms. The number of carbonyl (C=O) groups excluding carboxylic acids is 4. The molecule has 0 aliphatic carbocycles. The molecule has 0 amide bonds. The highest BCUT2D eigenvalue weighted by Crippen LogP contribution is 2.35. The number of esters is 4. The number of hydrogen-bond donors (Lipinski definition) is 0. The van der Waals surface area contributed by atoms with E-state index in [4.69, 9.17) is 52.6 Å². The second-order valence-corrected chi connectivity index (χ2v) is 16.2. The van der Waals surface area contributed by atoms with Crippen molar-refractivity contribution in [3.05, 3.63) is 152 Å². The van der Waals surface area contributed by atoms with E-state index < -0.39 is 23.9 Å². The van der Waals surface area contributed by atoms with Gasteiger partial charge in [-0.15, -0.1) is 0 Å². The van der Waals surface area contributed by atoms with Crippen LogP contribution < -0.4 is 23.7 Å². The van der Waals surface area contributed by atoms with Gasteiger partial charge in [-0.3, -0.25) is 0 Å². The summed E-state index contributed by atoms with van der Waals surface area (Å²) in [5.74, 6) is 0.471. The molecule has 0 spiro atoms. The highest BCUT2D eigenvalue weighted by atomic mass is 16.6. The van der Waals surface area contributed by atoms with E-state index in [9.17, 15) is 19.2 Å². The van der Waals surface area contributed by atoms with E-state index in [1.54, 1.807) is 98.1 Å². The zero-order valence-electron chi connectivity index (χ0n) is 40.6. The highest BCUT2D eigenvalue weighted by Gasteiger charge is 2.18. The number of carbonyl (C=O) groups is 4. The Hall–Kier alpha value is -7.88. The molecule has 1 aromatic heterocycles. The molecule has 0 bridgehead atoms. The fourth-order valence-corrected chi connectivity index (χ4v) is 7.07. The lowest BCUT2D eigenvalue weighted by Gasteiger charge is -2.14. The Bertz CT molecular complexity index is 2720. The molecule has 0 aliphatic rings. The van der Waals surface area contributed by atoms with Crippen molar-refractivity contribution in [3.8, 4) is 51.3 Å². The summed E-state index contributed by atoms with van der Waals surface area (Å²) in [6, 6.07) is 33.0. The first-order valence-corrected chi connectivity index (χ1v) is 23.9. The molecule has 6 aromatic rings. The van der Waals surface area contributed by atoms with Crippen LogP contribution in [0.1, 0.15) is 72.1 Å². The van der Waals surface area contributed by atoms with Crippen LogP contribution in [-0.2, 0) is 28.5 Å². The number of unbranched alkanes of at least 4 members (excludes halogenated alkanes) is 6. The summed E-state index contributed by atoms with van der Waals surface area (Å²) in [4.78, 5) is 59.3. The molecule has 15 nitrogen and oxygen atoms in total. The van der Waals surface area contributed by atoms with Crippen LogP contribution in [0.3, 0.4) is 0 Å². The van der Waals surface area contributed by atoms with Gasteiger partial charge in [-0.25, -0.2) is 29.1 Å². The first kappa shape index (κ1) is 53.5. The summed E-state index contributed by atoms with van der Waals surface area (Å²) in [7, 11) is 1.62. The van der Waals surface area contributed by atoms with Gasteiger partial charge in [0.1, 0.15) is 35.4 Å². The molecule has 5 aromatic carbocycles. The summed E-state index contributed by atoms with van der Waals surface area (Å²) in [6.45, 7) is 10.2. The number of hydrogen-bond acceptors (Lipinski definition) is 15. The van der Waals surface area contributed by atoms with Gasteiger partial charge in [0.05, 0.1) is 79.8 Å². The van der Waals surface area contributed by atoms with Crippen LogP contribution in [0, 0.1) is 0 Å². The fraction of sp³-hybridized carbons (Fsp3) is 0.298. The van der Waals surface area contributed by atoms with Crippen molar-refractivity contribution in [2.24, 2.45) is 0 Å². The SMILES string of the molecule is C=CC(=O)OCCCCCCOc1ccc(C(=O)Oc2cccc(-c3nc4ccc(OCCOCCOC)cc4nc3-c3cccc(OC(=O)c4ccc(OCCCCCCOC(=O)C=C)cc4)c3)c2)cc1. The maximum absolute atomic E-state index is 13.4. The third-order valence-electron chi connectivity index (χ3n) is 10.8. The Morgan fingerprint density at radius 1 is 0.444 bits per heavy atom. The van der Waals surface area contributed by atoms with Crippen molar-refractivity contribution < 1.29 is 61.8 Å². The Morgan fingerprint density at radius 3 is 1.38 bits per heavy atom. The van der Waals surface area contributed by atoms with Crippen LogP contribution in [0.25, 0.3) is 33.5 Å². The minimum Gasteiger partial charge on any atom is -0.494 e. The van der Waals surface area contributed by atoms with Gasteiger partial charge >= 0.3 is 23.9 Å². The third-order valence-corrected chi connectivity index (χ3v) is 10.8. The molecule has 0 N–H and O–H groups in total. The van der Waals surface area contributed by atoms with Crippen molar-refractivity contribution in [2.75, 3.05) is 60.0 Å². The summed E-state index contributed by atoms with van der Waals surface area (Å²) < 4.78 is 50.1. The van der Waals surface area contributed by atoms with Gasteiger partial charge in [-0.1, -0.05) is 37.4 Å². The van der Waals surface area contributed by atoms with Crippen molar-refractivity contribution >= 4 is 34.9 Å². The second-order valence-electron chi connectivity index (χ2n) is 16.2. The summed E-state index contributed by atoms with van der Waals surface area (Å²) >= 11 is 0. The average molecular weight is 981 g/mol. The monoisotopic (exact) mass is 980 g/mol. The summed E-state index contributed by atoms with van der Waals surface area (Å²) in [5.41, 5.74) is 4.03. The molecule has 376 valence electrons. The smallest absolute Gasteiger partial charge is 0.343 e. The van der Waals surface area contributed by atoms with E-state index in [0.29, 0.717) is 121 Å². The summed E-state index contributed by atoms with van der Waals surface area (Å²) in [6.07, 6.45) is 9.15. The normalized spacial score (nSPS) is 10.8. The minimum atomic E-state index is -0.556. The molecule has 15 heteroatoms. The number of benzene rings is 5. The van der Waals surface area contributed by atoms with Gasteiger partial charge in [0.25, 0.3) is 0 Å². The van der Waals surface area contributed by atoms with E-state index in [-0.39, 0.29) is 5.75 Å². The number of nitrogens with zero attached hydrogens (tertiary/aromatic N) is 2. The Morgan fingerprint density at radius 2 is 0.889 bits per heavy atom. The predicted molar refractivity (Wildman–Crippen MR) is 272 cm³/mol. The first-order chi connectivity index (χ1) is 35.2. The Kier molecular flexibility index (Phi) is 21.8. The topological polar surface area (TPSA) is 177 Å². The van der Waals surface area contributed by atoms with E-state index in [0.717, 1.165) is 63.5 Å². The van der Waals surface area contributed by atoms with Gasteiger partial charge in [-0.05, 0) is 136 Å². The Balaban J connectivity index is 1.12. The van der Waals surface area contributed by atoms with Crippen LogP contribution in [0.2, 0.25) is 0 Å². The lowest BCUT2D eigenvalue weighted by Crippen LogP contribution is -2.10. The van der Waals surface area contributed by atoms with Crippen LogP contribution in [-0.4, -0.2) is 93.8 Å². The molecular weight excluding hydrogens is 921 g/mol. The molecular formula is C57H60N2O13. The third kappa shape index (κ3) is 17.5. The summed E-state index contributed by atoms with van der Waals surface area (Å²) in [5, 5.41) is 0. The standard InChI is InChI=1S/C57H60N2O13/c1-4-52(60)69-32-12-8-6-10-30-66-45-24-20-41(21-25-45)56(62)71-48-18-14-16-43(38-48)54-55(59-51-40-47(28-29-50(51)58-54)68-37-36-65-35-34-64-3)44-17-15-19-49(39-44)72-57(63)42-22-26-46(27-23-42)67-31-11-7-9-13-33-70-53(61)5-2/h4-5,14-29,38-40H,1-2,6-13,30-37H2,3H3. The van der Waals surface area contributed by atoms with Gasteiger partial charge in [0.2, 0.25) is 0 Å². The van der Waals surface area contributed by atoms with Crippen LogP contribution in [0.4, 0.5) is 0 Å². The van der Waals surface area contributed by atoms with Crippen molar-refractivity contribution in [3.63, 3.8) is 0 Å². The second kappa shape index (κ2) is 29.3. The molecule has 0 unspecified atom stereocenters. The van der Waals surface area contributed by atoms with Gasteiger partial charge in [0.15, 0.2) is 0 Å². The molecule has 0 radical (unpaired) electrons. The zero-order valence-corrected chi connectivity index (χ0v) is 40.6. The maximum atomic E-state index is 13.4. The zero-order chi connectivity index (χ0) is 50.8. The largest absolute Gasteiger partial charge is 0.494 e. The Labute approximate surface area is 419 Å². The van der Waals surface area contributed by atoms with E-state index in [2.05, 4.69) is 13.2 Å². The number of methoxy groups -OCH3 is 1. The molecule has 0 aliphatic heterocycles. The predicted octanol–water partition coefficient (Wildman–Crippen LogP) is 10.8. The number of fused-ring (bicyclic) bond motifs is 1. The molecule has 1 heterocycles. The van der Waals surface area contributed by atoms with Gasteiger partial charge < -0.3 is 42.6 Å². The molecule has 0 atom stereocenters. The molecule has 0 fully saturated rings. The fourth-order valence-electron chi connectivity index (χ4n) is 7.07. The molecule has 6 rings (SSSR count). The van der Waals surface area contributed by atoms with Crippen molar-refractivity contribution in [1.82, 2.24) is 9.97 Å². The number of aromatic nitrogens is 2. The molecule has 0 saturated carbocycles. The quantitative estimate of drug-likeness (QED) is 0.0174. The molecule has 0 saturated heterocycles. The van der Waals surface area contributed by atoms with E-state index >= 15 is 0 Å². The minimum absolute atomic E-state index is 0.287. The van der Waals surface area contributed by atoms with Crippen LogP contribution in [0.15, 0.2) is 141 Å². The first-order valence-electron chi connectivity index (χ1n) is 23.9. The lowest BCUT2D eigenvalue weighted by molar-refractivity contribution is -0.138. The number of ether oxygens (including phenoxy) is 9. The van der Waals surface area contributed by atoms with Crippen molar-refractivity contribution in [1.29, 1.82) is 0 Å². The van der Waals surface area contributed by atoms with E-state index in [1.165, 1.54) is 0 Å². The average Bonchev–Trinajstić information content (AvgIpc) is 3.40. The van der Waals surface area contributed by atoms with E-state index in [1.807, 2.05) is 24.3 Å². The highest BCUT2D eigenvalue weighted by molar-refractivity contribution is 5.93. The number of rotatable bonds is 31. The van der Waals surface area contributed by atoms with Gasteiger partial charge in [0, 0.05) is 36.5 Å². The van der Waals surface area contributed by atoms with Crippen LogP contribution >= 0.6 is 0 Å².